The first kappa shape index (κ1) is 24.6. The van der Waals surface area contributed by atoms with Crippen molar-refractivity contribution < 1.29 is 18.7 Å². The second-order valence-corrected chi connectivity index (χ2v) is 9.45. The lowest BCUT2D eigenvalue weighted by molar-refractivity contribution is -0.139. The topological polar surface area (TPSA) is 69.9 Å². The van der Waals surface area contributed by atoms with Gasteiger partial charge in [0.15, 0.2) is 4.80 Å². The van der Waals surface area contributed by atoms with Crippen molar-refractivity contribution >= 4 is 39.3 Å². The van der Waals surface area contributed by atoms with Crippen LogP contribution in [0.2, 0.25) is 0 Å². The van der Waals surface area contributed by atoms with E-state index in [-0.39, 0.29) is 24.3 Å². The molecule has 0 saturated heterocycles. The highest BCUT2D eigenvalue weighted by molar-refractivity contribution is 9.10. The molecule has 3 aromatic rings. The molecule has 1 atom stereocenters. The van der Waals surface area contributed by atoms with E-state index in [9.17, 15) is 14.0 Å². The van der Waals surface area contributed by atoms with E-state index in [0.29, 0.717) is 31.9 Å². The van der Waals surface area contributed by atoms with Crippen molar-refractivity contribution in [2.75, 3.05) is 13.2 Å². The molecule has 1 unspecified atom stereocenters. The molecule has 1 aromatic heterocycles. The number of thiazole rings is 1. The highest BCUT2D eigenvalue weighted by Crippen LogP contribution is 2.31. The Morgan fingerprint density at radius 1 is 1.31 bits per heavy atom. The summed E-state index contributed by atoms with van der Waals surface area (Å²) in [6.45, 7) is 3.64. The number of halogens is 2. The molecule has 9 heteroatoms. The minimum atomic E-state index is -0.812. The third-order valence-corrected chi connectivity index (χ3v) is 6.75. The third kappa shape index (κ3) is 4.99. The summed E-state index contributed by atoms with van der Waals surface area (Å²) in [6, 6.07) is 10.3. The second kappa shape index (κ2) is 10.4. The molecule has 0 amide bonds. The van der Waals surface area contributed by atoms with Crippen LogP contribution in [0.1, 0.15) is 31.0 Å². The van der Waals surface area contributed by atoms with Crippen LogP contribution >= 0.6 is 27.3 Å². The molecular weight excluding hydrogens is 535 g/mol. The molecule has 0 radical (unpaired) electrons. The van der Waals surface area contributed by atoms with Gasteiger partial charge in [-0.15, -0.1) is 6.42 Å². The number of benzene rings is 2. The van der Waals surface area contributed by atoms with Crippen molar-refractivity contribution in [2.24, 2.45) is 4.99 Å². The van der Waals surface area contributed by atoms with E-state index < -0.39 is 17.8 Å². The Balaban J connectivity index is 1.94. The standard InChI is InChI=1S/C26H20BrFN2O4S/c1-4-12-34-20-11-8-18(27)13-17(20)14-21-24(31)30-23(16-6-9-19(28)10-7-16)22(25(32)33-5-2)15(3)29-26(30)35-21/h1,6-11,13-14,23H,5,12H2,2-3H3. The Kier molecular flexibility index (Phi) is 7.34. The summed E-state index contributed by atoms with van der Waals surface area (Å²) >= 11 is 4.63. The minimum Gasteiger partial charge on any atom is -0.480 e. The van der Waals surface area contributed by atoms with Gasteiger partial charge in [-0.1, -0.05) is 45.3 Å². The van der Waals surface area contributed by atoms with Crippen LogP contribution in [-0.2, 0) is 9.53 Å². The summed E-state index contributed by atoms with van der Waals surface area (Å²) in [5, 5.41) is 0. The summed E-state index contributed by atoms with van der Waals surface area (Å²) in [5.74, 6) is 1.96. The summed E-state index contributed by atoms with van der Waals surface area (Å²) in [7, 11) is 0. The summed E-state index contributed by atoms with van der Waals surface area (Å²) < 4.78 is 27.2. The second-order valence-electron chi connectivity index (χ2n) is 7.53. The number of carbonyl (C=O) groups excluding carboxylic acids is 1. The molecule has 0 fully saturated rings. The molecule has 0 bridgehead atoms. The van der Waals surface area contributed by atoms with E-state index in [1.807, 2.05) is 12.1 Å². The Labute approximate surface area is 213 Å². The van der Waals surface area contributed by atoms with E-state index >= 15 is 0 Å². The number of hydrogen-bond acceptors (Lipinski definition) is 6. The molecule has 6 nitrogen and oxygen atoms in total. The average molecular weight is 555 g/mol. The first-order chi connectivity index (χ1) is 16.8. The van der Waals surface area contributed by atoms with Crippen molar-refractivity contribution in [1.29, 1.82) is 0 Å². The van der Waals surface area contributed by atoms with Crippen LogP contribution in [0.5, 0.6) is 5.75 Å². The highest BCUT2D eigenvalue weighted by Gasteiger charge is 2.33. The maximum Gasteiger partial charge on any atom is 0.338 e. The molecule has 178 valence electrons. The molecule has 2 aromatic carbocycles. The van der Waals surface area contributed by atoms with E-state index in [4.69, 9.17) is 15.9 Å². The smallest absolute Gasteiger partial charge is 0.338 e. The maximum atomic E-state index is 13.7. The van der Waals surface area contributed by atoms with Crippen LogP contribution in [0.4, 0.5) is 4.39 Å². The van der Waals surface area contributed by atoms with Crippen molar-refractivity contribution in [3.05, 3.63) is 94.8 Å². The molecule has 2 heterocycles. The van der Waals surface area contributed by atoms with Gasteiger partial charge in [0.05, 0.1) is 28.5 Å². The van der Waals surface area contributed by atoms with Gasteiger partial charge in [-0.25, -0.2) is 14.2 Å². The SMILES string of the molecule is C#CCOc1ccc(Br)cc1C=c1sc2n(c1=O)C(c1ccc(F)cc1)C(C(=O)OCC)=C(C)N=2. The first-order valence-electron chi connectivity index (χ1n) is 10.6. The molecule has 4 rings (SSSR count). The van der Waals surface area contributed by atoms with Gasteiger partial charge >= 0.3 is 5.97 Å². The highest BCUT2D eigenvalue weighted by atomic mass is 79.9. The zero-order valence-corrected chi connectivity index (χ0v) is 21.3. The summed E-state index contributed by atoms with van der Waals surface area (Å²) in [6.07, 6.45) is 7.03. The van der Waals surface area contributed by atoms with Crippen molar-refractivity contribution in [3.63, 3.8) is 0 Å². The Bertz CT molecular complexity index is 1550. The number of hydrogen-bond donors (Lipinski definition) is 0. The third-order valence-electron chi connectivity index (χ3n) is 5.27. The number of esters is 1. The molecule has 1 aliphatic heterocycles. The fraction of sp³-hybridized carbons (Fsp3) is 0.192. The summed E-state index contributed by atoms with van der Waals surface area (Å²) in [4.78, 5) is 31.5. The summed E-state index contributed by atoms with van der Waals surface area (Å²) in [5.41, 5.74) is 1.54. The largest absolute Gasteiger partial charge is 0.480 e. The van der Waals surface area contributed by atoms with Gasteiger partial charge in [-0.2, -0.15) is 0 Å². The van der Waals surface area contributed by atoms with Gasteiger partial charge in [0.25, 0.3) is 5.56 Å². The van der Waals surface area contributed by atoms with Crippen LogP contribution in [0.3, 0.4) is 0 Å². The van der Waals surface area contributed by atoms with E-state index in [1.165, 1.54) is 28.0 Å². The fourth-order valence-electron chi connectivity index (χ4n) is 3.78. The molecule has 1 aliphatic rings. The molecule has 35 heavy (non-hydrogen) atoms. The van der Waals surface area contributed by atoms with Crippen molar-refractivity contribution in [3.8, 4) is 18.1 Å². The number of nitrogens with zero attached hydrogens (tertiary/aromatic N) is 2. The predicted molar refractivity (Wildman–Crippen MR) is 135 cm³/mol. The van der Waals surface area contributed by atoms with E-state index in [1.54, 1.807) is 38.1 Å². The lowest BCUT2D eigenvalue weighted by Crippen LogP contribution is -2.39. The molecule has 0 aliphatic carbocycles. The number of carbonyl (C=O) groups is 1. The zero-order chi connectivity index (χ0) is 25.1. The van der Waals surface area contributed by atoms with Crippen LogP contribution in [0.25, 0.3) is 6.08 Å². The average Bonchev–Trinajstić information content (AvgIpc) is 3.12. The Morgan fingerprint density at radius 2 is 2.06 bits per heavy atom. The molecule has 0 saturated carbocycles. The van der Waals surface area contributed by atoms with E-state index in [2.05, 4.69) is 26.8 Å². The number of terminal acetylenes is 1. The number of fused-ring (bicyclic) bond motifs is 1. The number of aromatic nitrogens is 1. The van der Waals surface area contributed by atoms with Crippen LogP contribution in [0.15, 0.2) is 68.0 Å². The van der Waals surface area contributed by atoms with Crippen LogP contribution in [0, 0.1) is 18.2 Å². The maximum absolute atomic E-state index is 13.7. The minimum absolute atomic E-state index is 0.0797. The quantitative estimate of drug-likeness (QED) is 0.344. The number of rotatable bonds is 6. The van der Waals surface area contributed by atoms with Gasteiger partial charge in [0, 0.05) is 10.0 Å². The predicted octanol–water partition coefficient (Wildman–Crippen LogP) is 3.71. The van der Waals surface area contributed by atoms with Gasteiger partial charge in [0.1, 0.15) is 18.2 Å². The molecule has 0 N–H and O–H groups in total. The van der Waals surface area contributed by atoms with Crippen molar-refractivity contribution in [2.45, 2.75) is 19.9 Å². The van der Waals surface area contributed by atoms with Gasteiger partial charge in [-0.3, -0.25) is 9.36 Å². The van der Waals surface area contributed by atoms with Gasteiger partial charge in [0.2, 0.25) is 0 Å². The number of ether oxygens (including phenoxy) is 2. The fourth-order valence-corrected chi connectivity index (χ4v) is 5.19. The monoisotopic (exact) mass is 554 g/mol. The lowest BCUT2D eigenvalue weighted by atomic mass is 9.96. The molecular formula is C26H20BrFN2O4S. The van der Waals surface area contributed by atoms with Crippen LogP contribution < -0.4 is 19.6 Å². The van der Waals surface area contributed by atoms with Gasteiger partial charge in [-0.05, 0) is 55.8 Å². The lowest BCUT2D eigenvalue weighted by Gasteiger charge is -2.24. The Hall–Kier alpha value is -3.48. The normalized spacial score (nSPS) is 15.3. The van der Waals surface area contributed by atoms with Gasteiger partial charge < -0.3 is 9.47 Å². The first-order valence-corrected chi connectivity index (χ1v) is 12.3. The van der Waals surface area contributed by atoms with E-state index in [0.717, 1.165) is 4.47 Å². The van der Waals surface area contributed by atoms with Crippen LogP contribution in [-0.4, -0.2) is 23.8 Å². The Morgan fingerprint density at radius 3 is 2.74 bits per heavy atom. The zero-order valence-electron chi connectivity index (χ0n) is 18.9. The number of allylic oxidation sites excluding steroid dienone is 1. The molecule has 0 spiro atoms. The van der Waals surface area contributed by atoms with Crippen molar-refractivity contribution in [1.82, 2.24) is 4.57 Å².